The number of alkyl carbamates (subject to hydrolysis) is 1. The number of nitrogens with one attached hydrogen (secondary N) is 1. The normalized spacial score (nSPS) is 10.9. The van der Waals surface area contributed by atoms with E-state index >= 15 is 0 Å². The van der Waals surface area contributed by atoms with Gasteiger partial charge < -0.3 is 108 Å². The average molecular weight is 1810 g/mol. The van der Waals surface area contributed by atoms with Gasteiger partial charge in [0.2, 0.25) is 118 Å². The lowest BCUT2D eigenvalue weighted by molar-refractivity contribution is -0.147. The first-order valence-corrected chi connectivity index (χ1v) is 40.7. The van der Waals surface area contributed by atoms with Crippen LogP contribution in [0.5, 0.6) is 0 Å². The summed E-state index contributed by atoms with van der Waals surface area (Å²) < 4.78 is 5.52. The van der Waals surface area contributed by atoms with E-state index in [0.29, 0.717) is 12.8 Å². The van der Waals surface area contributed by atoms with Crippen molar-refractivity contribution in [2.75, 3.05) is 292 Å². The molecule has 0 aromatic heterocycles. The van der Waals surface area contributed by atoms with Gasteiger partial charge in [-0.05, 0) is 40.6 Å². The summed E-state index contributed by atoms with van der Waals surface area (Å²) >= 11 is 0. The average Bonchev–Trinajstić information content (AvgIpc) is 1.61. The lowest BCUT2D eigenvalue weighted by atomic mass is 9.98. The number of ether oxygens (including phenoxy) is 1. The molecule has 0 saturated heterocycles. The van der Waals surface area contributed by atoms with Crippen molar-refractivity contribution in [3.05, 3.63) is 70.1 Å². The first-order valence-electron chi connectivity index (χ1n) is 40.7. The number of azide groups is 1. The van der Waals surface area contributed by atoms with Gasteiger partial charge in [-0.1, -0.05) is 53.6 Å². The third-order valence-corrected chi connectivity index (χ3v) is 21.0. The standard InChI is InChI=1S/C82H124N24O23/c1-87(35-56(107)27-25-26-33-85-86-83)63(109)37-89(3)65(111)39-91(5)67(113)41-93(7)69(115)43-95(9)71(117)45-97(11)73(119)47-99(13)75(121)49-101(15)77(123)51-103(17)79(125)53-105(19)81(127)54-106(20)80(126)52-104(18)78(124)50-102(16)76(122)48-100(14)74(120)46-98(12)72(118)44-96(10)70(116)42-94(8)68(114)40-92(6)66(112)38-90(4)64(110)36-88(2)62(108)32-34-84-82(128)129-55-61-59-30-23-21-28-57(59)58-29-22-24-31-60(58)61/h21-24,28-31,61H,25-27,32-55H2,1-20H3,(H,84,128). The number of amides is 21. The highest BCUT2D eigenvalue weighted by Crippen LogP contribution is 2.44. The van der Waals surface area contributed by atoms with Crippen LogP contribution in [0, 0.1) is 0 Å². The fourth-order valence-electron chi connectivity index (χ4n) is 11.9. The van der Waals surface area contributed by atoms with Crippen LogP contribution in [0.2, 0.25) is 0 Å². The molecule has 0 aliphatic heterocycles. The van der Waals surface area contributed by atoms with Crippen LogP contribution in [0.3, 0.4) is 0 Å². The number of rotatable bonds is 50. The molecule has 47 nitrogen and oxygen atoms in total. The second kappa shape index (κ2) is 52.9. The molecule has 21 amide bonds. The predicted octanol–water partition coefficient (Wildman–Crippen LogP) is -5.87. The number of benzene rings is 2. The SMILES string of the molecule is CN(CC(=O)CCCCN=[N+]=[N-])C(=O)CN(C)C(=O)CN(C)C(=O)CN(C)C(=O)CN(C)C(=O)CN(C)C(=O)CN(C)C(=O)CN(C)C(=O)CN(C)C(=O)CN(C)C(=O)CN(C)C(=O)CN(C)C(=O)CN(C)C(=O)CN(C)C(=O)CN(C)C(=O)CN(C)C(=O)CN(C)C(=O)CN(C)C(=O)CN(C)C(=O)CN(C)C(=O)CCNC(=O)OCC1c2ccccc2-c2ccccc21. The van der Waals surface area contributed by atoms with Gasteiger partial charge >= 0.3 is 6.09 Å². The zero-order chi connectivity index (χ0) is 97.7. The smallest absolute Gasteiger partial charge is 0.407 e. The van der Waals surface area contributed by atoms with E-state index in [1.54, 1.807) is 0 Å². The number of unbranched alkanes of at least 4 members (excludes halogenated alkanes) is 1. The molecule has 0 spiro atoms. The molecule has 129 heavy (non-hydrogen) atoms. The molecular formula is C82H124N24O23. The molecule has 2 aromatic rings. The maximum atomic E-state index is 13.2. The van der Waals surface area contributed by atoms with Gasteiger partial charge in [0.1, 0.15) is 6.61 Å². The van der Waals surface area contributed by atoms with E-state index in [1.165, 1.54) is 146 Å². The highest BCUT2D eigenvalue weighted by molar-refractivity contribution is 5.98. The highest BCUT2D eigenvalue weighted by atomic mass is 16.5. The number of Topliss-reactive ketones (excluding diaryl/α,β-unsaturated/α-hetero) is 1. The van der Waals surface area contributed by atoms with Crippen molar-refractivity contribution in [3.8, 4) is 11.1 Å². The quantitative estimate of drug-likeness (QED) is 0.0279. The Bertz CT molecular complexity index is 4460. The fourth-order valence-corrected chi connectivity index (χ4v) is 11.9. The predicted molar refractivity (Wildman–Crippen MR) is 463 cm³/mol. The van der Waals surface area contributed by atoms with Crippen LogP contribution < -0.4 is 5.32 Å². The molecule has 47 heteroatoms. The fraction of sp³-hybridized carbons (Fsp3) is 0.585. The van der Waals surface area contributed by atoms with E-state index < -0.39 is 242 Å². The number of carbonyl (C=O) groups is 22. The molecular weight excluding hydrogens is 1690 g/mol. The van der Waals surface area contributed by atoms with E-state index in [2.05, 4.69) is 15.3 Å². The molecule has 0 atom stereocenters. The zero-order valence-electron chi connectivity index (χ0n) is 77.5. The summed E-state index contributed by atoms with van der Waals surface area (Å²) in [5, 5.41) is 5.97. The van der Waals surface area contributed by atoms with Gasteiger partial charge in [0.15, 0.2) is 5.78 Å². The lowest BCUT2D eigenvalue weighted by Gasteiger charge is -2.28. The Kier molecular flexibility index (Phi) is 44.8. The van der Waals surface area contributed by atoms with Gasteiger partial charge in [0.05, 0.1) is 131 Å². The molecule has 0 fully saturated rings. The Hall–Kier alpha value is -13.9. The number of hydrogen-bond acceptors (Lipinski definition) is 24. The van der Waals surface area contributed by atoms with Crippen molar-refractivity contribution in [1.82, 2.24) is 103 Å². The Morgan fingerprint density at radius 2 is 0.457 bits per heavy atom. The summed E-state index contributed by atoms with van der Waals surface area (Å²) in [6.45, 7) is -9.69. The molecule has 0 saturated carbocycles. The summed E-state index contributed by atoms with van der Waals surface area (Å²) in [7, 11) is 26.0. The van der Waals surface area contributed by atoms with E-state index in [0.717, 1.165) is 115 Å². The van der Waals surface area contributed by atoms with Crippen LogP contribution in [0.15, 0.2) is 53.6 Å². The van der Waals surface area contributed by atoms with E-state index in [9.17, 15) is 105 Å². The Morgan fingerprint density at radius 1 is 0.271 bits per heavy atom. The minimum atomic E-state index is -0.715. The van der Waals surface area contributed by atoms with Crippen LogP contribution in [-0.2, 0) is 105 Å². The number of nitrogens with zero attached hydrogens (tertiary/aromatic N) is 23. The number of fused-ring (bicyclic) bond motifs is 3. The van der Waals surface area contributed by atoms with Gasteiger partial charge in [0, 0.05) is 178 Å². The number of hydrogen-bond donors (Lipinski definition) is 1. The summed E-state index contributed by atoms with van der Waals surface area (Å²) in [5.74, 6) is -13.7. The third-order valence-electron chi connectivity index (χ3n) is 21.0. The number of carbonyl (C=O) groups excluding carboxylic acids is 22. The molecule has 3 rings (SSSR count). The first kappa shape index (κ1) is 109. The van der Waals surface area contributed by atoms with Crippen molar-refractivity contribution in [2.24, 2.45) is 5.11 Å². The van der Waals surface area contributed by atoms with Crippen LogP contribution in [0.1, 0.15) is 42.7 Å². The molecule has 2 aromatic carbocycles. The van der Waals surface area contributed by atoms with Gasteiger partial charge in [-0.3, -0.25) is 101 Å². The molecule has 1 N–H and O–H groups in total. The maximum Gasteiger partial charge on any atom is 0.407 e. The Labute approximate surface area is 750 Å². The van der Waals surface area contributed by atoms with Crippen molar-refractivity contribution in [2.45, 2.75) is 31.6 Å². The molecule has 1 aliphatic carbocycles. The molecule has 0 radical (unpaired) electrons. The van der Waals surface area contributed by atoms with Crippen molar-refractivity contribution in [3.63, 3.8) is 0 Å². The van der Waals surface area contributed by atoms with Gasteiger partial charge in [0.25, 0.3) is 0 Å². The summed E-state index contributed by atoms with van der Waals surface area (Å²) in [4.78, 5) is 310. The Balaban J connectivity index is 1.32. The van der Waals surface area contributed by atoms with Crippen LogP contribution in [0.4, 0.5) is 4.79 Å². The van der Waals surface area contributed by atoms with Crippen molar-refractivity contribution >= 4 is 130 Å². The van der Waals surface area contributed by atoms with Crippen molar-refractivity contribution < 1.29 is 110 Å². The molecule has 710 valence electrons. The summed E-state index contributed by atoms with van der Waals surface area (Å²) in [5.41, 5.74) is 12.6. The van der Waals surface area contributed by atoms with Gasteiger partial charge in [-0.25, -0.2) is 4.79 Å². The molecule has 1 aliphatic rings. The van der Waals surface area contributed by atoms with Crippen LogP contribution in [0.25, 0.3) is 21.6 Å². The largest absolute Gasteiger partial charge is 0.449 e. The summed E-state index contributed by atoms with van der Waals surface area (Å²) in [6.07, 6.45) is 0.290. The van der Waals surface area contributed by atoms with E-state index in [1.807, 2.05) is 48.5 Å². The second-order valence-electron chi connectivity index (χ2n) is 31.9. The minimum Gasteiger partial charge on any atom is -0.449 e. The molecule has 0 bridgehead atoms. The first-order chi connectivity index (χ1) is 60.3. The zero-order valence-corrected chi connectivity index (χ0v) is 77.5. The van der Waals surface area contributed by atoms with Crippen LogP contribution in [-0.4, -0.2) is 520 Å². The van der Waals surface area contributed by atoms with Gasteiger partial charge in [-0.15, -0.1) is 0 Å². The van der Waals surface area contributed by atoms with E-state index in [4.69, 9.17) is 10.3 Å². The Morgan fingerprint density at radius 3 is 0.659 bits per heavy atom. The third kappa shape index (κ3) is 36.5. The second-order valence-corrected chi connectivity index (χ2v) is 31.9. The van der Waals surface area contributed by atoms with Crippen LogP contribution >= 0.6 is 0 Å². The molecule has 0 unspecified atom stereocenters. The maximum absolute atomic E-state index is 13.2. The lowest BCUT2D eigenvalue weighted by Crippen LogP contribution is -2.50. The topological polar surface area (TPSA) is 510 Å². The summed E-state index contributed by atoms with van der Waals surface area (Å²) in [6, 6.07) is 15.8. The minimum absolute atomic E-state index is 0.0685. The number of likely N-dealkylation sites (N-methyl/N-ethyl adjacent to an activating group) is 20. The molecule has 0 heterocycles. The van der Waals surface area contributed by atoms with Gasteiger partial charge in [-0.2, -0.15) is 0 Å². The number of ketones is 1. The van der Waals surface area contributed by atoms with Crippen molar-refractivity contribution in [1.29, 1.82) is 0 Å². The monoisotopic (exact) mass is 1810 g/mol. The van der Waals surface area contributed by atoms with E-state index in [-0.39, 0.29) is 57.3 Å². The highest BCUT2D eigenvalue weighted by Gasteiger charge is 2.34.